The zero-order valence-electron chi connectivity index (χ0n) is 15.5. The predicted molar refractivity (Wildman–Crippen MR) is 100 cm³/mol. The molecule has 1 saturated heterocycles. The van der Waals surface area contributed by atoms with Crippen molar-refractivity contribution in [1.82, 2.24) is 24.8 Å². The monoisotopic (exact) mass is 355 g/mol. The lowest BCUT2D eigenvalue weighted by molar-refractivity contribution is 0.0740. The van der Waals surface area contributed by atoms with E-state index in [1.54, 1.807) is 24.5 Å². The maximum absolute atomic E-state index is 12.9. The van der Waals surface area contributed by atoms with E-state index in [1.165, 1.54) is 0 Å². The van der Waals surface area contributed by atoms with Crippen LogP contribution in [0.2, 0.25) is 0 Å². The third-order valence-electron chi connectivity index (χ3n) is 4.46. The first-order valence-electron chi connectivity index (χ1n) is 9.00. The first kappa shape index (κ1) is 18.0. The summed E-state index contributed by atoms with van der Waals surface area (Å²) in [6.07, 6.45) is 4.43. The summed E-state index contributed by atoms with van der Waals surface area (Å²) < 4.78 is 0. The van der Waals surface area contributed by atoms with E-state index >= 15 is 0 Å². The highest BCUT2D eigenvalue weighted by molar-refractivity contribution is 5.92. The highest BCUT2D eigenvalue weighted by Crippen LogP contribution is 2.14. The Morgan fingerprint density at radius 1 is 1.19 bits per heavy atom. The molecule has 0 aliphatic carbocycles. The molecular formula is C18H25N7O. The molecule has 1 fully saturated rings. The second kappa shape index (κ2) is 8.07. The van der Waals surface area contributed by atoms with Crippen molar-refractivity contribution >= 4 is 17.8 Å². The molecule has 2 aromatic rings. The van der Waals surface area contributed by atoms with Crippen LogP contribution >= 0.6 is 0 Å². The second-order valence-corrected chi connectivity index (χ2v) is 6.50. The fourth-order valence-corrected chi connectivity index (χ4v) is 2.79. The number of aryl methyl sites for hydroxylation is 1. The molecule has 0 aromatic carbocycles. The molecule has 26 heavy (non-hydrogen) atoms. The van der Waals surface area contributed by atoms with Gasteiger partial charge in [-0.2, -0.15) is 0 Å². The Morgan fingerprint density at radius 3 is 2.54 bits per heavy atom. The van der Waals surface area contributed by atoms with Gasteiger partial charge in [-0.3, -0.25) is 4.79 Å². The fourth-order valence-electron chi connectivity index (χ4n) is 2.79. The fraction of sp³-hybridized carbons (Fsp3) is 0.500. The molecule has 3 rings (SSSR count). The number of nitrogens with zero attached hydrogens (tertiary/aromatic N) is 6. The van der Waals surface area contributed by atoms with E-state index in [-0.39, 0.29) is 11.9 Å². The summed E-state index contributed by atoms with van der Waals surface area (Å²) >= 11 is 0. The van der Waals surface area contributed by atoms with Gasteiger partial charge >= 0.3 is 0 Å². The van der Waals surface area contributed by atoms with E-state index in [9.17, 15) is 4.79 Å². The van der Waals surface area contributed by atoms with E-state index in [4.69, 9.17) is 0 Å². The number of amides is 1. The Hall–Kier alpha value is -2.77. The number of nitrogens with one attached hydrogen (secondary N) is 1. The molecule has 3 heterocycles. The van der Waals surface area contributed by atoms with Crippen LogP contribution in [0.3, 0.4) is 0 Å². The van der Waals surface area contributed by atoms with Crippen LogP contribution in [0.25, 0.3) is 0 Å². The van der Waals surface area contributed by atoms with Crippen molar-refractivity contribution < 1.29 is 4.79 Å². The van der Waals surface area contributed by atoms with Gasteiger partial charge in [0.15, 0.2) is 0 Å². The van der Waals surface area contributed by atoms with Crippen LogP contribution in [0.1, 0.15) is 36.5 Å². The van der Waals surface area contributed by atoms with Crippen molar-refractivity contribution in [1.29, 1.82) is 0 Å². The molecule has 0 radical (unpaired) electrons. The van der Waals surface area contributed by atoms with Gasteiger partial charge in [-0.1, -0.05) is 6.92 Å². The third-order valence-corrected chi connectivity index (χ3v) is 4.46. The Balaban J connectivity index is 1.66. The van der Waals surface area contributed by atoms with Crippen molar-refractivity contribution in [2.75, 3.05) is 36.4 Å². The van der Waals surface area contributed by atoms with E-state index in [2.05, 4.69) is 44.0 Å². The maximum Gasteiger partial charge on any atom is 0.272 e. The summed E-state index contributed by atoms with van der Waals surface area (Å²) in [7, 11) is 0. The van der Waals surface area contributed by atoms with Crippen molar-refractivity contribution in [3.05, 3.63) is 35.9 Å². The van der Waals surface area contributed by atoms with Gasteiger partial charge in [0, 0.05) is 50.3 Å². The first-order valence-corrected chi connectivity index (χ1v) is 9.00. The highest BCUT2D eigenvalue weighted by Gasteiger charge is 2.24. The summed E-state index contributed by atoms with van der Waals surface area (Å²) in [4.78, 5) is 34.1. The van der Waals surface area contributed by atoms with Crippen molar-refractivity contribution in [2.24, 2.45) is 0 Å². The van der Waals surface area contributed by atoms with Crippen LogP contribution in [0.4, 0.5) is 11.9 Å². The minimum atomic E-state index is -0.0590. The lowest BCUT2D eigenvalue weighted by Gasteiger charge is -2.34. The third kappa shape index (κ3) is 4.25. The van der Waals surface area contributed by atoms with E-state index in [1.807, 2.05) is 11.8 Å². The number of piperazine rings is 1. The van der Waals surface area contributed by atoms with Crippen LogP contribution in [0, 0.1) is 6.92 Å². The summed E-state index contributed by atoms with van der Waals surface area (Å²) in [6.45, 7) is 8.69. The molecule has 1 N–H and O–H groups in total. The minimum Gasteiger partial charge on any atom is -0.352 e. The first-order chi connectivity index (χ1) is 12.6. The molecule has 138 valence electrons. The van der Waals surface area contributed by atoms with Gasteiger partial charge in [-0.25, -0.2) is 19.9 Å². The Morgan fingerprint density at radius 2 is 1.88 bits per heavy atom. The molecular weight excluding hydrogens is 330 g/mol. The van der Waals surface area contributed by atoms with Gasteiger partial charge in [0.1, 0.15) is 5.69 Å². The second-order valence-electron chi connectivity index (χ2n) is 6.50. The van der Waals surface area contributed by atoms with Crippen LogP contribution in [0.15, 0.2) is 24.5 Å². The summed E-state index contributed by atoms with van der Waals surface area (Å²) in [6, 6.07) is 3.80. The zero-order valence-corrected chi connectivity index (χ0v) is 15.5. The summed E-state index contributed by atoms with van der Waals surface area (Å²) in [5.74, 6) is 1.16. The number of rotatable bonds is 5. The molecule has 1 atom stereocenters. The number of carbonyl (C=O) groups is 1. The predicted octanol–water partition coefficient (Wildman–Crippen LogP) is 1.75. The minimum absolute atomic E-state index is 0.0590. The van der Waals surface area contributed by atoms with E-state index in [0.29, 0.717) is 43.8 Å². The topological polar surface area (TPSA) is 87.1 Å². The van der Waals surface area contributed by atoms with Crippen LogP contribution in [0.5, 0.6) is 0 Å². The number of carbonyl (C=O) groups excluding carboxylic acids is 1. The smallest absolute Gasteiger partial charge is 0.272 e. The van der Waals surface area contributed by atoms with Crippen LogP contribution < -0.4 is 10.2 Å². The Bertz CT molecular complexity index is 744. The number of anilines is 2. The van der Waals surface area contributed by atoms with Crippen LogP contribution in [-0.4, -0.2) is 63.0 Å². The average molecular weight is 355 g/mol. The molecule has 1 unspecified atom stereocenters. The van der Waals surface area contributed by atoms with E-state index in [0.717, 1.165) is 12.1 Å². The maximum atomic E-state index is 12.9. The normalized spacial score (nSPS) is 15.7. The highest BCUT2D eigenvalue weighted by atomic mass is 16.2. The lowest BCUT2D eigenvalue weighted by atomic mass is 10.2. The van der Waals surface area contributed by atoms with Gasteiger partial charge in [0.2, 0.25) is 11.9 Å². The number of hydrogen-bond donors (Lipinski definition) is 1. The summed E-state index contributed by atoms with van der Waals surface area (Å²) in [5.41, 5.74) is 1.22. The van der Waals surface area contributed by atoms with Gasteiger partial charge in [-0.15, -0.1) is 0 Å². The molecule has 0 spiro atoms. The van der Waals surface area contributed by atoms with E-state index < -0.39 is 0 Å². The standard InChI is InChI=1S/C18H25N7O/c1-4-13(2)21-17-22-14(3)12-15(23-17)16(26)24-8-10-25(11-9-24)18-19-6-5-7-20-18/h5-7,12-13H,4,8-11H2,1-3H3,(H,21,22,23). The van der Waals surface area contributed by atoms with Gasteiger partial charge in [0.25, 0.3) is 5.91 Å². The number of hydrogen-bond acceptors (Lipinski definition) is 7. The SMILES string of the molecule is CCC(C)Nc1nc(C)cc(C(=O)N2CCN(c3ncccn3)CC2)n1. The van der Waals surface area contributed by atoms with Gasteiger partial charge < -0.3 is 15.1 Å². The van der Waals surface area contributed by atoms with Crippen molar-refractivity contribution in [3.8, 4) is 0 Å². The molecule has 1 amide bonds. The summed E-state index contributed by atoms with van der Waals surface area (Å²) in [5, 5.41) is 3.24. The molecule has 8 nitrogen and oxygen atoms in total. The molecule has 0 bridgehead atoms. The molecule has 1 aliphatic heterocycles. The molecule has 1 aliphatic rings. The van der Waals surface area contributed by atoms with Gasteiger partial charge in [-0.05, 0) is 32.4 Å². The van der Waals surface area contributed by atoms with Crippen molar-refractivity contribution in [3.63, 3.8) is 0 Å². The van der Waals surface area contributed by atoms with Gasteiger partial charge in [0.05, 0.1) is 0 Å². The Kier molecular flexibility index (Phi) is 5.60. The molecule has 2 aromatic heterocycles. The Labute approximate surface area is 153 Å². The quantitative estimate of drug-likeness (QED) is 0.874. The molecule has 0 saturated carbocycles. The largest absolute Gasteiger partial charge is 0.352 e. The lowest BCUT2D eigenvalue weighted by Crippen LogP contribution is -2.49. The average Bonchev–Trinajstić information content (AvgIpc) is 2.67. The van der Waals surface area contributed by atoms with Crippen LogP contribution in [-0.2, 0) is 0 Å². The van der Waals surface area contributed by atoms with Crippen molar-refractivity contribution in [2.45, 2.75) is 33.2 Å². The molecule has 8 heteroatoms. The number of aromatic nitrogens is 4. The zero-order chi connectivity index (χ0) is 18.5.